The van der Waals surface area contributed by atoms with Gasteiger partial charge in [0, 0.05) is 20.1 Å². The number of hydrogen-bond acceptors (Lipinski definition) is 3. The summed E-state index contributed by atoms with van der Waals surface area (Å²) in [5.41, 5.74) is -0.662. The topological polar surface area (TPSA) is 70.1 Å². The predicted octanol–water partition coefficient (Wildman–Crippen LogP) is 1.80. The third-order valence-corrected chi connectivity index (χ3v) is 2.04. The van der Waals surface area contributed by atoms with Gasteiger partial charge in [0.05, 0.1) is 6.54 Å². The molecule has 0 saturated heterocycles. The molecule has 7 heteroatoms. The Hall–Kier alpha value is -1.53. The van der Waals surface area contributed by atoms with Crippen LogP contribution in [0.1, 0.15) is 20.8 Å². The fourth-order valence-electron chi connectivity index (χ4n) is 1.09. The second-order valence-corrected chi connectivity index (χ2v) is 4.86. The molecular weight excluding hydrogens is 243 g/mol. The molecule has 0 saturated carbocycles. The lowest BCUT2D eigenvalue weighted by Crippen LogP contribution is -2.42. The van der Waals surface area contributed by atoms with Gasteiger partial charge in [0.25, 0.3) is 0 Å². The summed E-state index contributed by atoms with van der Waals surface area (Å²) >= 11 is 0. The molecule has 0 heterocycles. The fraction of sp³-hybridized carbons (Fsp3) is 0.818. The van der Waals surface area contributed by atoms with Crippen LogP contribution in [0.25, 0.3) is 0 Å². The minimum atomic E-state index is -1.10. The molecule has 0 rings (SSSR count). The van der Waals surface area contributed by atoms with Crippen LogP contribution in [0.4, 0.5) is 14.0 Å². The molecule has 2 amide bonds. The minimum absolute atomic E-state index is 0.0988. The summed E-state index contributed by atoms with van der Waals surface area (Å²) in [5, 5.41) is 8.67. The summed E-state index contributed by atoms with van der Waals surface area (Å²) in [7, 11) is 1.38. The third kappa shape index (κ3) is 6.93. The van der Waals surface area contributed by atoms with Crippen molar-refractivity contribution in [2.24, 2.45) is 0 Å². The van der Waals surface area contributed by atoms with Crippen molar-refractivity contribution in [1.29, 1.82) is 0 Å². The maximum Gasteiger partial charge on any atom is 0.410 e. The normalized spacial score (nSPS) is 10.9. The molecular formula is C11H21FN2O4. The fourth-order valence-corrected chi connectivity index (χ4v) is 1.09. The average molecular weight is 264 g/mol. The zero-order valence-electron chi connectivity index (χ0n) is 11.3. The van der Waals surface area contributed by atoms with Gasteiger partial charge in [-0.15, -0.1) is 0 Å². The number of carboxylic acid groups (broad SMARTS) is 1. The number of amides is 2. The lowest BCUT2D eigenvalue weighted by atomic mass is 10.2. The molecule has 0 aliphatic carbocycles. The summed E-state index contributed by atoms with van der Waals surface area (Å²) in [6, 6.07) is 0. The van der Waals surface area contributed by atoms with E-state index in [1.54, 1.807) is 20.8 Å². The largest absolute Gasteiger partial charge is 0.465 e. The summed E-state index contributed by atoms with van der Waals surface area (Å²) < 4.78 is 17.4. The van der Waals surface area contributed by atoms with Gasteiger partial charge in [-0.25, -0.2) is 14.0 Å². The molecule has 0 aromatic rings. The van der Waals surface area contributed by atoms with Crippen LogP contribution in [0.5, 0.6) is 0 Å². The van der Waals surface area contributed by atoms with Crippen molar-refractivity contribution in [3.63, 3.8) is 0 Å². The van der Waals surface area contributed by atoms with E-state index in [1.807, 2.05) is 0 Å². The summed E-state index contributed by atoms with van der Waals surface area (Å²) in [4.78, 5) is 24.5. The van der Waals surface area contributed by atoms with E-state index in [0.29, 0.717) is 0 Å². The van der Waals surface area contributed by atoms with Gasteiger partial charge in [0.1, 0.15) is 12.3 Å². The van der Waals surface area contributed by atoms with Gasteiger partial charge in [-0.1, -0.05) is 0 Å². The van der Waals surface area contributed by atoms with Crippen LogP contribution < -0.4 is 0 Å². The van der Waals surface area contributed by atoms with Gasteiger partial charge < -0.3 is 19.6 Å². The standard InChI is InChI=1S/C11H21FN2O4/c1-11(2,3)18-10(17)14(6-5-12)8-7-13(4)9(15)16/h5-8H2,1-4H3,(H,15,16). The van der Waals surface area contributed by atoms with Crippen molar-refractivity contribution < 1.29 is 23.8 Å². The second kappa shape index (κ2) is 7.03. The molecule has 0 atom stereocenters. The number of rotatable bonds is 5. The summed E-state index contributed by atoms with van der Waals surface area (Å²) in [6.45, 7) is 4.53. The van der Waals surface area contributed by atoms with Crippen LogP contribution >= 0.6 is 0 Å². The summed E-state index contributed by atoms with van der Waals surface area (Å²) in [5.74, 6) is 0. The highest BCUT2D eigenvalue weighted by molar-refractivity contribution is 5.68. The maximum absolute atomic E-state index is 12.3. The molecule has 18 heavy (non-hydrogen) atoms. The molecule has 6 nitrogen and oxygen atoms in total. The molecule has 0 aromatic heterocycles. The van der Waals surface area contributed by atoms with E-state index in [1.165, 1.54) is 7.05 Å². The first kappa shape index (κ1) is 16.5. The summed E-state index contributed by atoms with van der Waals surface area (Å²) in [6.07, 6.45) is -1.74. The number of nitrogens with zero attached hydrogens (tertiary/aromatic N) is 2. The number of likely N-dealkylation sites (N-methyl/N-ethyl adjacent to an activating group) is 1. The van der Waals surface area contributed by atoms with E-state index in [9.17, 15) is 14.0 Å². The van der Waals surface area contributed by atoms with Gasteiger partial charge in [-0.05, 0) is 20.8 Å². The van der Waals surface area contributed by atoms with Crippen molar-refractivity contribution in [1.82, 2.24) is 9.80 Å². The molecule has 0 bridgehead atoms. The third-order valence-electron chi connectivity index (χ3n) is 2.04. The van der Waals surface area contributed by atoms with Crippen molar-refractivity contribution in [2.75, 3.05) is 33.4 Å². The van der Waals surface area contributed by atoms with E-state index in [4.69, 9.17) is 9.84 Å². The van der Waals surface area contributed by atoms with Crippen molar-refractivity contribution >= 4 is 12.2 Å². The first-order valence-electron chi connectivity index (χ1n) is 5.65. The Labute approximate surface area is 106 Å². The van der Waals surface area contributed by atoms with Crippen LogP contribution in [0.15, 0.2) is 0 Å². The molecule has 106 valence electrons. The Kier molecular flexibility index (Phi) is 6.43. The zero-order chi connectivity index (χ0) is 14.3. The highest BCUT2D eigenvalue weighted by Gasteiger charge is 2.22. The number of carbonyl (C=O) groups is 2. The Morgan fingerprint density at radius 1 is 1.22 bits per heavy atom. The molecule has 0 aliphatic rings. The number of halogens is 1. The smallest absolute Gasteiger partial charge is 0.410 e. The Balaban J connectivity index is 4.38. The molecule has 0 unspecified atom stereocenters. The highest BCUT2D eigenvalue weighted by atomic mass is 19.1. The first-order chi connectivity index (χ1) is 8.17. The molecule has 0 aliphatic heterocycles. The van der Waals surface area contributed by atoms with E-state index in [-0.39, 0.29) is 19.6 Å². The lowest BCUT2D eigenvalue weighted by Gasteiger charge is -2.27. The average Bonchev–Trinajstić information content (AvgIpc) is 2.20. The monoisotopic (exact) mass is 264 g/mol. The van der Waals surface area contributed by atoms with E-state index >= 15 is 0 Å². The quantitative estimate of drug-likeness (QED) is 0.822. The number of alkyl halides is 1. The Morgan fingerprint density at radius 3 is 2.17 bits per heavy atom. The van der Waals surface area contributed by atoms with E-state index in [2.05, 4.69) is 0 Å². The SMILES string of the molecule is CN(CCN(CCF)C(=O)OC(C)(C)C)C(=O)O. The van der Waals surface area contributed by atoms with Crippen molar-refractivity contribution in [3.8, 4) is 0 Å². The van der Waals surface area contributed by atoms with Crippen LogP contribution in [-0.2, 0) is 4.74 Å². The van der Waals surface area contributed by atoms with Crippen molar-refractivity contribution in [3.05, 3.63) is 0 Å². The van der Waals surface area contributed by atoms with Gasteiger partial charge in [0.2, 0.25) is 0 Å². The molecule has 1 N–H and O–H groups in total. The second-order valence-electron chi connectivity index (χ2n) is 4.86. The maximum atomic E-state index is 12.3. The lowest BCUT2D eigenvalue weighted by molar-refractivity contribution is 0.0225. The molecule has 0 aromatic carbocycles. The highest BCUT2D eigenvalue weighted by Crippen LogP contribution is 2.09. The molecule has 0 radical (unpaired) electrons. The van der Waals surface area contributed by atoms with Crippen LogP contribution in [-0.4, -0.2) is 66.1 Å². The van der Waals surface area contributed by atoms with Gasteiger partial charge in [0.15, 0.2) is 0 Å². The number of carbonyl (C=O) groups excluding carboxylic acids is 1. The van der Waals surface area contributed by atoms with Gasteiger partial charge >= 0.3 is 12.2 Å². The minimum Gasteiger partial charge on any atom is -0.465 e. The number of hydrogen-bond donors (Lipinski definition) is 1. The van der Waals surface area contributed by atoms with Crippen molar-refractivity contribution in [2.45, 2.75) is 26.4 Å². The zero-order valence-corrected chi connectivity index (χ0v) is 11.3. The Morgan fingerprint density at radius 2 is 1.78 bits per heavy atom. The number of ether oxygens (including phenoxy) is 1. The predicted molar refractivity (Wildman–Crippen MR) is 64.4 cm³/mol. The van der Waals surface area contributed by atoms with Crippen LogP contribution in [0.3, 0.4) is 0 Å². The van der Waals surface area contributed by atoms with Gasteiger partial charge in [-0.2, -0.15) is 0 Å². The first-order valence-corrected chi connectivity index (χ1v) is 5.65. The molecule has 0 fully saturated rings. The van der Waals surface area contributed by atoms with E-state index < -0.39 is 24.5 Å². The van der Waals surface area contributed by atoms with Crippen LogP contribution in [0, 0.1) is 0 Å². The molecule has 0 spiro atoms. The van der Waals surface area contributed by atoms with E-state index in [0.717, 1.165) is 9.80 Å². The Bertz CT molecular complexity index is 291. The van der Waals surface area contributed by atoms with Gasteiger partial charge in [-0.3, -0.25) is 0 Å². The van der Waals surface area contributed by atoms with Crippen LogP contribution in [0.2, 0.25) is 0 Å².